The standard InChI is InChI=1S/C18H18ClFN2O5S/c1-27-18(24)14-9-13(7-8-15(14)19)21-17(23)11-22(28(2,25)26)10-12-5-3-4-6-16(12)20/h3-9H,10-11H2,1-2H3,(H,21,23). The van der Waals surface area contributed by atoms with E-state index in [-0.39, 0.29) is 28.4 Å². The molecular weight excluding hydrogens is 411 g/mol. The van der Waals surface area contributed by atoms with E-state index in [1.165, 1.54) is 43.5 Å². The van der Waals surface area contributed by atoms with Gasteiger partial charge in [0.15, 0.2) is 0 Å². The maximum Gasteiger partial charge on any atom is 0.339 e. The molecule has 2 aromatic rings. The third-order valence-corrected chi connectivity index (χ3v) is 5.27. The molecule has 0 aromatic heterocycles. The number of nitrogens with zero attached hydrogens (tertiary/aromatic N) is 1. The van der Waals surface area contributed by atoms with Crippen molar-refractivity contribution in [3.8, 4) is 0 Å². The number of nitrogens with one attached hydrogen (secondary N) is 1. The molecule has 0 bridgehead atoms. The fourth-order valence-corrected chi connectivity index (χ4v) is 3.26. The molecule has 0 atom stereocenters. The van der Waals surface area contributed by atoms with Crippen molar-refractivity contribution in [3.05, 3.63) is 64.4 Å². The number of anilines is 1. The Bertz CT molecular complexity index is 997. The van der Waals surface area contributed by atoms with Gasteiger partial charge < -0.3 is 10.1 Å². The Morgan fingerprint density at radius 1 is 1.21 bits per heavy atom. The minimum Gasteiger partial charge on any atom is -0.465 e. The Kier molecular flexibility index (Phi) is 7.11. The number of esters is 1. The van der Waals surface area contributed by atoms with E-state index in [1.54, 1.807) is 6.07 Å². The molecule has 1 N–H and O–H groups in total. The molecule has 0 saturated carbocycles. The van der Waals surface area contributed by atoms with Crippen molar-refractivity contribution < 1.29 is 27.1 Å². The molecule has 7 nitrogen and oxygen atoms in total. The van der Waals surface area contributed by atoms with E-state index in [9.17, 15) is 22.4 Å². The fraction of sp³-hybridized carbons (Fsp3) is 0.222. The van der Waals surface area contributed by atoms with Crippen LogP contribution in [0, 0.1) is 5.82 Å². The van der Waals surface area contributed by atoms with E-state index in [0.717, 1.165) is 10.6 Å². The Morgan fingerprint density at radius 2 is 1.89 bits per heavy atom. The van der Waals surface area contributed by atoms with Crippen LogP contribution in [0.15, 0.2) is 42.5 Å². The number of hydrogen-bond acceptors (Lipinski definition) is 5. The van der Waals surface area contributed by atoms with Crippen molar-refractivity contribution in [1.29, 1.82) is 0 Å². The molecule has 2 rings (SSSR count). The van der Waals surface area contributed by atoms with Crippen LogP contribution in [0.3, 0.4) is 0 Å². The van der Waals surface area contributed by atoms with Gasteiger partial charge in [0.25, 0.3) is 0 Å². The van der Waals surface area contributed by atoms with Gasteiger partial charge in [0.2, 0.25) is 15.9 Å². The topological polar surface area (TPSA) is 92.8 Å². The lowest BCUT2D eigenvalue weighted by Gasteiger charge is -2.20. The van der Waals surface area contributed by atoms with Gasteiger partial charge in [-0.15, -0.1) is 0 Å². The maximum absolute atomic E-state index is 13.8. The zero-order valence-corrected chi connectivity index (χ0v) is 16.7. The van der Waals surface area contributed by atoms with E-state index >= 15 is 0 Å². The van der Waals surface area contributed by atoms with Crippen LogP contribution in [0.2, 0.25) is 5.02 Å². The van der Waals surface area contributed by atoms with E-state index < -0.39 is 34.3 Å². The summed E-state index contributed by atoms with van der Waals surface area (Å²) in [7, 11) is -2.60. The summed E-state index contributed by atoms with van der Waals surface area (Å²) >= 11 is 5.92. The number of carbonyl (C=O) groups excluding carboxylic acids is 2. The minimum atomic E-state index is -3.79. The van der Waals surface area contributed by atoms with Crippen LogP contribution in [-0.2, 0) is 26.1 Å². The van der Waals surface area contributed by atoms with Gasteiger partial charge in [-0.2, -0.15) is 4.31 Å². The Hall–Kier alpha value is -2.49. The average Bonchev–Trinajstić information content (AvgIpc) is 2.63. The summed E-state index contributed by atoms with van der Waals surface area (Å²) in [4.78, 5) is 24.0. The summed E-state index contributed by atoms with van der Waals surface area (Å²) in [5.74, 6) is -1.92. The monoisotopic (exact) mass is 428 g/mol. The second kappa shape index (κ2) is 9.13. The first-order valence-electron chi connectivity index (χ1n) is 7.98. The molecule has 0 radical (unpaired) electrons. The highest BCUT2D eigenvalue weighted by Crippen LogP contribution is 2.21. The molecule has 0 aliphatic carbocycles. The van der Waals surface area contributed by atoms with Crippen molar-refractivity contribution in [2.24, 2.45) is 0 Å². The molecule has 0 unspecified atom stereocenters. The molecule has 0 spiro atoms. The molecule has 28 heavy (non-hydrogen) atoms. The quantitative estimate of drug-likeness (QED) is 0.684. The molecule has 0 aliphatic heterocycles. The van der Waals surface area contributed by atoms with Crippen LogP contribution in [0.1, 0.15) is 15.9 Å². The lowest BCUT2D eigenvalue weighted by Crippen LogP contribution is -2.37. The van der Waals surface area contributed by atoms with Gasteiger partial charge in [-0.1, -0.05) is 29.8 Å². The molecule has 0 aliphatic rings. The number of hydrogen-bond donors (Lipinski definition) is 1. The highest BCUT2D eigenvalue weighted by Gasteiger charge is 2.22. The number of benzene rings is 2. The Balaban J connectivity index is 2.16. The van der Waals surface area contributed by atoms with Crippen molar-refractivity contribution >= 4 is 39.2 Å². The first-order valence-corrected chi connectivity index (χ1v) is 10.2. The van der Waals surface area contributed by atoms with Crippen molar-refractivity contribution in [2.45, 2.75) is 6.54 Å². The summed E-state index contributed by atoms with van der Waals surface area (Å²) in [6.07, 6.45) is 0.929. The van der Waals surface area contributed by atoms with Crippen LogP contribution >= 0.6 is 11.6 Å². The molecule has 0 saturated heterocycles. The predicted molar refractivity (Wildman–Crippen MR) is 103 cm³/mol. The number of sulfonamides is 1. The first-order chi connectivity index (χ1) is 13.1. The Morgan fingerprint density at radius 3 is 2.50 bits per heavy atom. The minimum absolute atomic E-state index is 0.0493. The first kappa shape index (κ1) is 21.8. The van der Waals surface area contributed by atoms with Crippen molar-refractivity contribution in [1.82, 2.24) is 4.31 Å². The lowest BCUT2D eigenvalue weighted by molar-refractivity contribution is -0.116. The van der Waals surface area contributed by atoms with Crippen LogP contribution < -0.4 is 5.32 Å². The summed E-state index contributed by atoms with van der Waals surface area (Å²) in [5.41, 5.74) is 0.419. The summed E-state index contributed by atoms with van der Waals surface area (Å²) in [6, 6.07) is 9.86. The molecule has 0 fully saturated rings. The molecule has 0 heterocycles. The van der Waals surface area contributed by atoms with E-state index in [2.05, 4.69) is 10.1 Å². The average molecular weight is 429 g/mol. The normalized spacial score (nSPS) is 11.3. The van der Waals surface area contributed by atoms with Gasteiger partial charge in [-0.25, -0.2) is 17.6 Å². The number of amides is 1. The van der Waals surface area contributed by atoms with Gasteiger partial charge >= 0.3 is 5.97 Å². The van der Waals surface area contributed by atoms with Gasteiger partial charge in [-0.3, -0.25) is 4.79 Å². The van der Waals surface area contributed by atoms with E-state index in [1.807, 2.05) is 0 Å². The van der Waals surface area contributed by atoms with Crippen LogP contribution in [0.4, 0.5) is 10.1 Å². The van der Waals surface area contributed by atoms with Crippen molar-refractivity contribution in [2.75, 3.05) is 25.2 Å². The second-order valence-corrected chi connectivity index (χ2v) is 8.25. The van der Waals surface area contributed by atoms with Gasteiger partial charge in [0.05, 0.1) is 30.5 Å². The lowest BCUT2D eigenvalue weighted by atomic mass is 10.2. The third-order valence-electron chi connectivity index (χ3n) is 3.75. The van der Waals surface area contributed by atoms with Crippen LogP contribution in [0.5, 0.6) is 0 Å². The van der Waals surface area contributed by atoms with Gasteiger partial charge in [0.1, 0.15) is 5.82 Å². The molecule has 2 aromatic carbocycles. The summed E-state index contributed by atoms with van der Waals surface area (Å²) in [6.45, 7) is -0.837. The zero-order chi connectivity index (χ0) is 20.9. The van der Waals surface area contributed by atoms with Crippen LogP contribution in [0.25, 0.3) is 0 Å². The highest BCUT2D eigenvalue weighted by atomic mass is 35.5. The third kappa shape index (κ3) is 5.75. The number of halogens is 2. The predicted octanol–water partition coefficient (Wildman–Crippen LogP) is 2.67. The second-order valence-electron chi connectivity index (χ2n) is 5.86. The smallest absolute Gasteiger partial charge is 0.339 e. The van der Waals surface area contributed by atoms with Gasteiger partial charge in [-0.05, 0) is 24.3 Å². The number of methoxy groups -OCH3 is 1. The van der Waals surface area contributed by atoms with Crippen LogP contribution in [-0.4, -0.2) is 44.5 Å². The summed E-state index contributed by atoms with van der Waals surface area (Å²) < 4.78 is 43.3. The maximum atomic E-state index is 13.8. The summed E-state index contributed by atoms with van der Waals surface area (Å²) in [5, 5.41) is 2.63. The molecular formula is C18H18ClFN2O5S. The fourth-order valence-electron chi connectivity index (χ4n) is 2.34. The highest BCUT2D eigenvalue weighted by molar-refractivity contribution is 7.88. The molecule has 1 amide bonds. The zero-order valence-electron chi connectivity index (χ0n) is 15.1. The van der Waals surface area contributed by atoms with Gasteiger partial charge in [0, 0.05) is 17.8 Å². The number of ether oxygens (including phenoxy) is 1. The van der Waals surface area contributed by atoms with E-state index in [0.29, 0.717) is 0 Å². The molecule has 150 valence electrons. The number of carbonyl (C=O) groups is 2. The van der Waals surface area contributed by atoms with E-state index in [4.69, 9.17) is 11.6 Å². The van der Waals surface area contributed by atoms with Crippen molar-refractivity contribution in [3.63, 3.8) is 0 Å². The largest absolute Gasteiger partial charge is 0.465 e. The Labute approximate surface area is 167 Å². The number of rotatable bonds is 7. The molecule has 10 heteroatoms. The SMILES string of the molecule is COC(=O)c1cc(NC(=O)CN(Cc2ccccc2F)S(C)(=O)=O)ccc1Cl.